The van der Waals surface area contributed by atoms with Crippen LogP contribution in [0.1, 0.15) is 213 Å². The highest BCUT2D eigenvalue weighted by molar-refractivity contribution is 8.00. The molecule has 0 aromatic heterocycles. The molecule has 0 spiro atoms. The predicted octanol–water partition coefficient (Wildman–Crippen LogP) is 16.7. The van der Waals surface area contributed by atoms with Crippen LogP contribution in [-0.2, 0) is 0 Å². The zero-order chi connectivity index (χ0) is 32.3. The maximum Gasteiger partial charge on any atom is 0.00942 e. The monoisotopic (exact) mass is 679 g/mol. The molecular weight excluding hydrogens is 601 g/mol. The second kappa shape index (κ2) is 35.6. The van der Waals surface area contributed by atoms with Crippen molar-refractivity contribution in [2.45, 2.75) is 228 Å². The molecule has 0 aliphatic rings. The molecule has 0 aliphatic heterocycles. The summed E-state index contributed by atoms with van der Waals surface area (Å²) in [6.07, 6.45) is 42.8. The van der Waals surface area contributed by atoms with Crippen LogP contribution >= 0.6 is 35.3 Å². The number of rotatable bonds is 36. The van der Waals surface area contributed by atoms with Crippen molar-refractivity contribution in [3.63, 3.8) is 0 Å². The lowest BCUT2D eigenvalue weighted by Crippen LogP contribution is -1.88. The Kier molecular flexibility index (Phi) is 34.2. The van der Waals surface area contributed by atoms with Gasteiger partial charge in [-0.3, -0.25) is 0 Å². The van der Waals surface area contributed by atoms with Crippen LogP contribution in [0.5, 0.6) is 0 Å². The molecule has 3 heteroatoms. The van der Waals surface area contributed by atoms with E-state index >= 15 is 0 Å². The molecule has 1 aromatic carbocycles. The molecule has 1 aromatic rings. The van der Waals surface area contributed by atoms with Gasteiger partial charge in [0.25, 0.3) is 0 Å². The molecule has 45 heavy (non-hydrogen) atoms. The van der Waals surface area contributed by atoms with Crippen LogP contribution in [0.25, 0.3) is 0 Å². The van der Waals surface area contributed by atoms with E-state index in [9.17, 15) is 0 Å². The molecule has 1 rings (SSSR count). The molecule has 0 aliphatic carbocycles. The first kappa shape index (κ1) is 43.3. The van der Waals surface area contributed by atoms with Crippen molar-refractivity contribution in [3.8, 4) is 0 Å². The average molecular weight is 679 g/mol. The molecule has 0 fully saturated rings. The minimum absolute atomic E-state index is 1.28. The first-order chi connectivity index (χ1) is 22.3. The van der Waals surface area contributed by atoms with Gasteiger partial charge in [-0.25, -0.2) is 0 Å². The summed E-state index contributed by atoms with van der Waals surface area (Å²) in [4.78, 5) is 4.55. The first-order valence-corrected chi connectivity index (χ1v) is 23.3. The van der Waals surface area contributed by atoms with Crippen LogP contribution in [0.15, 0.2) is 32.9 Å². The molecule has 0 saturated heterocycles. The van der Waals surface area contributed by atoms with Crippen LogP contribution in [0.4, 0.5) is 0 Å². The molecule has 0 unspecified atom stereocenters. The summed E-state index contributed by atoms with van der Waals surface area (Å²) < 4.78 is 0. The normalized spacial score (nSPS) is 11.5. The SMILES string of the molecule is CCCCCCCCCCCCSc1cc(SCCCCCCCCCCCC)cc(SCCCCCCCCCCCC)c1. The Hall–Kier alpha value is 0.270. The predicted molar refractivity (Wildman–Crippen MR) is 214 cm³/mol. The number of hydrogen-bond donors (Lipinski definition) is 0. The highest BCUT2D eigenvalue weighted by Gasteiger charge is 2.05. The molecule has 0 nitrogen and oxygen atoms in total. The molecule has 264 valence electrons. The van der Waals surface area contributed by atoms with Crippen molar-refractivity contribution in [3.05, 3.63) is 18.2 Å². The molecule has 0 atom stereocenters. The maximum absolute atomic E-state index is 2.51. The minimum Gasteiger partial charge on any atom is -0.126 e. The fourth-order valence-electron chi connectivity index (χ4n) is 6.13. The van der Waals surface area contributed by atoms with E-state index in [-0.39, 0.29) is 0 Å². The summed E-state index contributed by atoms with van der Waals surface area (Å²) in [6, 6.07) is 7.52. The zero-order valence-corrected chi connectivity index (χ0v) is 33.2. The zero-order valence-electron chi connectivity index (χ0n) is 30.8. The largest absolute Gasteiger partial charge is 0.126 e. The van der Waals surface area contributed by atoms with Gasteiger partial charge < -0.3 is 0 Å². The van der Waals surface area contributed by atoms with Gasteiger partial charge in [0.15, 0.2) is 0 Å². The van der Waals surface area contributed by atoms with Gasteiger partial charge >= 0.3 is 0 Å². The standard InChI is InChI=1S/C42H78S3/c1-4-7-10-13-16-19-22-25-28-31-34-43-40-37-41(44-35-32-29-26-23-20-17-14-11-8-5-2)39-42(38-40)45-36-33-30-27-24-21-18-15-12-9-6-3/h37-39H,4-36H2,1-3H3. The molecular formula is C42H78S3. The number of unbranched alkanes of at least 4 members (excludes halogenated alkanes) is 27. The van der Waals surface area contributed by atoms with Crippen LogP contribution in [0.3, 0.4) is 0 Å². The number of thioether (sulfide) groups is 3. The molecule has 0 saturated carbocycles. The second-order valence-electron chi connectivity index (χ2n) is 13.7. The Morgan fingerprint density at radius 1 is 0.267 bits per heavy atom. The van der Waals surface area contributed by atoms with E-state index in [2.05, 4.69) is 74.3 Å². The fraction of sp³-hybridized carbons (Fsp3) is 0.857. The van der Waals surface area contributed by atoms with Crippen molar-refractivity contribution in [2.24, 2.45) is 0 Å². The second-order valence-corrected chi connectivity index (χ2v) is 17.2. The van der Waals surface area contributed by atoms with Crippen LogP contribution < -0.4 is 0 Å². The van der Waals surface area contributed by atoms with E-state index in [1.165, 1.54) is 225 Å². The highest BCUT2D eigenvalue weighted by Crippen LogP contribution is 2.33. The third-order valence-electron chi connectivity index (χ3n) is 9.15. The van der Waals surface area contributed by atoms with Gasteiger partial charge in [0, 0.05) is 14.7 Å². The molecule has 0 N–H and O–H groups in total. The summed E-state index contributed by atoms with van der Waals surface area (Å²) in [6.45, 7) is 6.93. The van der Waals surface area contributed by atoms with Gasteiger partial charge in [-0.15, -0.1) is 35.3 Å². The molecule has 0 bridgehead atoms. The van der Waals surface area contributed by atoms with Crippen LogP contribution in [0, 0.1) is 0 Å². The first-order valence-electron chi connectivity index (χ1n) is 20.3. The van der Waals surface area contributed by atoms with Gasteiger partial charge in [-0.05, 0) is 54.7 Å². The summed E-state index contributed by atoms with van der Waals surface area (Å²) in [5.74, 6) is 3.85. The van der Waals surface area contributed by atoms with Gasteiger partial charge in [0.05, 0.1) is 0 Å². The Morgan fingerprint density at radius 2 is 0.444 bits per heavy atom. The van der Waals surface area contributed by atoms with Gasteiger partial charge in [-0.2, -0.15) is 0 Å². The Labute approximate surface area is 297 Å². The van der Waals surface area contributed by atoms with Crippen molar-refractivity contribution in [2.75, 3.05) is 17.3 Å². The highest BCUT2D eigenvalue weighted by atomic mass is 32.2. The van der Waals surface area contributed by atoms with E-state index in [0.717, 1.165) is 0 Å². The van der Waals surface area contributed by atoms with Crippen molar-refractivity contribution < 1.29 is 0 Å². The molecule has 0 heterocycles. The molecule has 0 radical (unpaired) electrons. The van der Waals surface area contributed by atoms with Crippen LogP contribution in [-0.4, -0.2) is 17.3 Å². The van der Waals surface area contributed by atoms with E-state index in [1.807, 2.05) is 0 Å². The average Bonchev–Trinajstić information content (AvgIpc) is 3.05. The number of hydrogen-bond acceptors (Lipinski definition) is 3. The van der Waals surface area contributed by atoms with Crippen molar-refractivity contribution >= 4 is 35.3 Å². The maximum atomic E-state index is 2.51. The number of benzene rings is 1. The van der Waals surface area contributed by atoms with Gasteiger partial charge in [0.2, 0.25) is 0 Å². The van der Waals surface area contributed by atoms with Crippen molar-refractivity contribution in [1.82, 2.24) is 0 Å². The topological polar surface area (TPSA) is 0 Å². The van der Waals surface area contributed by atoms with E-state index in [0.29, 0.717) is 0 Å². The summed E-state index contributed by atoms with van der Waals surface area (Å²) >= 11 is 6.36. The fourth-order valence-corrected chi connectivity index (χ4v) is 9.37. The summed E-state index contributed by atoms with van der Waals surface area (Å²) in [5, 5.41) is 0. The lowest BCUT2D eigenvalue weighted by atomic mass is 10.1. The van der Waals surface area contributed by atoms with Crippen LogP contribution in [0.2, 0.25) is 0 Å². The third kappa shape index (κ3) is 30.1. The Balaban J connectivity index is 2.33. The lowest BCUT2D eigenvalue weighted by Gasteiger charge is -2.10. The smallest absolute Gasteiger partial charge is 0.00942 e. The summed E-state index contributed by atoms with van der Waals surface area (Å²) in [5.41, 5.74) is 0. The van der Waals surface area contributed by atoms with E-state index in [1.54, 1.807) is 0 Å². The van der Waals surface area contributed by atoms with E-state index in [4.69, 9.17) is 0 Å². The van der Waals surface area contributed by atoms with Crippen molar-refractivity contribution in [1.29, 1.82) is 0 Å². The lowest BCUT2D eigenvalue weighted by molar-refractivity contribution is 0.563. The van der Waals surface area contributed by atoms with E-state index < -0.39 is 0 Å². The third-order valence-corrected chi connectivity index (χ3v) is 12.3. The Morgan fingerprint density at radius 3 is 0.644 bits per heavy atom. The quantitative estimate of drug-likeness (QED) is 0.0512. The Bertz CT molecular complexity index is 610. The minimum atomic E-state index is 1.28. The van der Waals surface area contributed by atoms with Gasteiger partial charge in [0.1, 0.15) is 0 Å². The van der Waals surface area contributed by atoms with Gasteiger partial charge in [-0.1, -0.05) is 194 Å². The summed E-state index contributed by atoms with van der Waals surface area (Å²) in [7, 11) is 0. The molecule has 0 amide bonds.